The van der Waals surface area contributed by atoms with Crippen molar-refractivity contribution in [3.63, 3.8) is 0 Å². The van der Waals surface area contributed by atoms with E-state index in [4.69, 9.17) is 10.6 Å². The summed E-state index contributed by atoms with van der Waals surface area (Å²) in [5, 5.41) is 0. The highest BCUT2D eigenvalue weighted by atomic mass is 16.5. The van der Waals surface area contributed by atoms with E-state index >= 15 is 0 Å². The molecule has 0 aliphatic heterocycles. The fourth-order valence-corrected chi connectivity index (χ4v) is 2.39. The third-order valence-corrected chi connectivity index (χ3v) is 3.52. The molecule has 0 saturated heterocycles. The summed E-state index contributed by atoms with van der Waals surface area (Å²) in [6.07, 6.45) is 4.41. The van der Waals surface area contributed by atoms with Crippen LogP contribution in [0.3, 0.4) is 0 Å². The number of ether oxygens (including phenoxy) is 1. The molecule has 1 atom stereocenters. The van der Waals surface area contributed by atoms with Crippen LogP contribution in [0.5, 0.6) is 5.75 Å². The third kappa shape index (κ3) is 3.15. The lowest BCUT2D eigenvalue weighted by Gasteiger charge is -2.19. The first kappa shape index (κ1) is 14.5. The van der Waals surface area contributed by atoms with Crippen molar-refractivity contribution in [2.45, 2.75) is 26.3 Å². The molecule has 20 heavy (non-hydrogen) atoms. The lowest BCUT2D eigenvalue weighted by Crippen LogP contribution is -2.30. The molecule has 0 spiro atoms. The predicted molar refractivity (Wildman–Crippen MR) is 80.5 cm³/mol. The molecule has 2 rings (SSSR count). The summed E-state index contributed by atoms with van der Waals surface area (Å²) in [5.41, 5.74) is 7.51. The molecule has 0 radical (unpaired) electrons. The number of benzene rings is 1. The second kappa shape index (κ2) is 6.50. The van der Waals surface area contributed by atoms with E-state index in [1.807, 2.05) is 24.4 Å². The van der Waals surface area contributed by atoms with E-state index in [-0.39, 0.29) is 6.04 Å². The summed E-state index contributed by atoms with van der Waals surface area (Å²) in [4.78, 5) is 4.19. The van der Waals surface area contributed by atoms with Crippen LogP contribution in [0.2, 0.25) is 0 Å². The average molecular weight is 271 g/mol. The van der Waals surface area contributed by atoms with Gasteiger partial charge < -0.3 is 4.74 Å². The van der Waals surface area contributed by atoms with Crippen LogP contribution in [0.25, 0.3) is 0 Å². The molecule has 2 aromatic rings. The molecule has 3 N–H and O–H groups in total. The van der Waals surface area contributed by atoms with Crippen LogP contribution in [0.15, 0.2) is 36.7 Å². The lowest BCUT2D eigenvalue weighted by molar-refractivity contribution is 0.405. The first-order chi connectivity index (χ1) is 9.65. The van der Waals surface area contributed by atoms with E-state index in [9.17, 15) is 0 Å². The standard InChI is InChI=1S/C16H21N3O/c1-11-4-5-16(20-3)13(8-11)9-15(19-17)14-10-18-7-6-12(14)2/h4-8,10,15,19H,9,17H2,1-3H3. The van der Waals surface area contributed by atoms with Crippen molar-refractivity contribution >= 4 is 0 Å². The highest BCUT2D eigenvalue weighted by molar-refractivity contribution is 5.39. The molecule has 0 fully saturated rings. The van der Waals surface area contributed by atoms with E-state index in [1.165, 1.54) is 11.1 Å². The van der Waals surface area contributed by atoms with Crippen LogP contribution in [0.4, 0.5) is 0 Å². The summed E-state index contributed by atoms with van der Waals surface area (Å²) in [7, 11) is 1.69. The van der Waals surface area contributed by atoms with Crippen LogP contribution in [-0.2, 0) is 6.42 Å². The molecule has 1 heterocycles. The summed E-state index contributed by atoms with van der Waals surface area (Å²) < 4.78 is 5.43. The van der Waals surface area contributed by atoms with Gasteiger partial charge in [0.05, 0.1) is 13.2 Å². The van der Waals surface area contributed by atoms with Crippen molar-refractivity contribution in [2.75, 3.05) is 7.11 Å². The monoisotopic (exact) mass is 271 g/mol. The molecule has 4 heteroatoms. The van der Waals surface area contributed by atoms with Crippen molar-refractivity contribution in [3.8, 4) is 5.75 Å². The van der Waals surface area contributed by atoms with Crippen molar-refractivity contribution in [1.29, 1.82) is 0 Å². The summed E-state index contributed by atoms with van der Waals surface area (Å²) in [6, 6.07) is 8.18. The van der Waals surface area contributed by atoms with Crippen LogP contribution >= 0.6 is 0 Å². The van der Waals surface area contributed by atoms with Gasteiger partial charge in [-0.05, 0) is 49.1 Å². The normalized spacial score (nSPS) is 12.2. The number of methoxy groups -OCH3 is 1. The molecule has 1 aromatic carbocycles. The van der Waals surface area contributed by atoms with E-state index in [1.54, 1.807) is 13.3 Å². The zero-order valence-corrected chi connectivity index (χ0v) is 12.2. The Morgan fingerprint density at radius 1 is 1.30 bits per heavy atom. The van der Waals surface area contributed by atoms with E-state index in [0.29, 0.717) is 0 Å². The summed E-state index contributed by atoms with van der Waals surface area (Å²) >= 11 is 0. The zero-order valence-electron chi connectivity index (χ0n) is 12.2. The number of hydrogen-bond donors (Lipinski definition) is 2. The number of aryl methyl sites for hydroxylation is 2. The Hall–Kier alpha value is -1.91. The maximum Gasteiger partial charge on any atom is 0.122 e. The first-order valence-corrected chi connectivity index (χ1v) is 6.66. The highest BCUT2D eigenvalue weighted by Gasteiger charge is 2.15. The van der Waals surface area contributed by atoms with Gasteiger partial charge in [-0.25, -0.2) is 0 Å². The van der Waals surface area contributed by atoms with Gasteiger partial charge in [0.15, 0.2) is 0 Å². The van der Waals surface area contributed by atoms with Crippen LogP contribution in [0.1, 0.15) is 28.3 Å². The van der Waals surface area contributed by atoms with Gasteiger partial charge in [0.1, 0.15) is 5.75 Å². The van der Waals surface area contributed by atoms with Gasteiger partial charge in [-0.15, -0.1) is 0 Å². The quantitative estimate of drug-likeness (QED) is 0.648. The first-order valence-electron chi connectivity index (χ1n) is 6.66. The number of nitrogens with zero attached hydrogens (tertiary/aromatic N) is 1. The molecular weight excluding hydrogens is 250 g/mol. The van der Waals surface area contributed by atoms with Gasteiger partial charge in [0.2, 0.25) is 0 Å². The fraction of sp³-hybridized carbons (Fsp3) is 0.312. The minimum atomic E-state index is 0.0133. The molecule has 1 aromatic heterocycles. The Balaban J connectivity index is 2.31. The highest BCUT2D eigenvalue weighted by Crippen LogP contribution is 2.26. The van der Waals surface area contributed by atoms with E-state index < -0.39 is 0 Å². The molecule has 0 saturated carbocycles. The average Bonchev–Trinajstić information content (AvgIpc) is 2.46. The van der Waals surface area contributed by atoms with E-state index in [0.717, 1.165) is 23.3 Å². The zero-order chi connectivity index (χ0) is 14.5. The second-order valence-corrected chi connectivity index (χ2v) is 4.97. The maximum atomic E-state index is 5.73. The van der Waals surface area contributed by atoms with Crippen molar-refractivity contribution in [3.05, 3.63) is 58.9 Å². The topological polar surface area (TPSA) is 60.2 Å². The largest absolute Gasteiger partial charge is 0.496 e. The summed E-state index contributed by atoms with van der Waals surface area (Å²) in [6.45, 7) is 4.14. The molecule has 106 valence electrons. The number of rotatable bonds is 5. The van der Waals surface area contributed by atoms with Gasteiger partial charge in [-0.1, -0.05) is 17.7 Å². The molecule has 0 aliphatic carbocycles. The third-order valence-electron chi connectivity index (χ3n) is 3.52. The molecule has 0 aliphatic rings. The number of hydrazine groups is 1. The van der Waals surface area contributed by atoms with Gasteiger partial charge in [0, 0.05) is 12.4 Å². The van der Waals surface area contributed by atoms with Crippen LogP contribution in [-0.4, -0.2) is 12.1 Å². The van der Waals surface area contributed by atoms with Gasteiger partial charge >= 0.3 is 0 Å². The van der Waals surface area contributed by atoms with Crippen molar-refractivity contribution in [2.24, 2.45) is 5.84 Å². The van der Waals surface area contributed by atoms with Gasteiger partial charge in [0.25, 0.3) is 0 Å². The number of pyridine rings is 1. The lowest BCUT2D eigenvalue weighted by atomic mass is 9.96. The molecule has 0 bridgehead atoms. The summed E-state index contributed by atoms with van der Waals surface area (Å²) in [5.74, 6) is 6.62. The number of nitrogens with two attached hydrogens (primary N) is 1. The Kier molecular flexibility index (Phi) is 4.71. The Morgan fingerprint density at radius 3 is 2.75 bits per heavy atom. The number of nitrogens with one attached hydrogen (secondary N) is 1. The van der Waals surface area contributed by atoms with Crippen molar-refractivity contribution < 1.29 is 4.74 Å². The minimum Gasteiger partial charge on any atom is -0.496 e. The van der Waals surface area contributed by atoms with Gasteiger partial charge in [-0.3, -0.25) is 16.3 Å². The van der Waals surface area contributed by atoms with E-state index in [2.05, 4.69) is 30.3 Å². The number of hydrogen-bond acceptors (Lipinski definition) is 4. The maximum absolute atomic E-state index is 5.73. The minimum absolute atomic E-state index is 0.0133. The smallest absolute Gasteiger partial charge is 0.122 e. The Labute approximate surface area is 120 Å². The number of aromatic nitrogens is 1. The second-order valence-electron chi connectivity index (χ2n) is 4.97. The van der Waals surface area contributed by atoms with Gasteiger partial charge in [-0.2, -0.15) is 0 Å². The fourth-order valence-electron chi connectivity index (χ4n) is 2.39. The molecular formula is C16H21N3O. The van der Waals surface area contributed by atoms with Crippen molar-refractivity contribution in [1.82, 2.24) is 10.4 Å². The predicted octanol–water partition coefficient (Wildman–Crippen LogP) is 2.45. The van der Waals surface area contributed by atoms with Crippen LogP contribution < -0.4 is 16.0 Å². The molecule has 1 unspecified atom stereocenters. The molecule has 0 amide bonds. The van der Waals surface area contributed by atoms with Crippen LogP contribution in [0, 0.1) is 13.8 Å². The molecule has 4 nitrogen and oxygen atoms in total. The Morgan fingerprint density at radius 2 is 2.10 bits per heavy atom. The Bertz CT molecular complexity index is 584. The SMILES string of the molecule is COc1ccc(C)cc1CC(NN)c1cnccc1C.